The van der Waals surface area contributed by atoms with Gasteiger partial charge in [0, 0.05) is 25.4 Å². The maximum absolute atomic E-state index is 13.1. The van der Waals surface area contributed by atoms with Crippen molar-refractivity contribution in [3.8, 4) is 0 Å². The van der Waals surface area contributed by atoms with Crippen molar-refractivity contribution in [1.82, 2.24) is 9.97 Å². The smallest absolute Gasteiger partial charge is 0.148 e. The summed E-state index contributed by atoms with van der Waals surface area (Å²) in [5.41, 5.74) is 6.35. The average Bonchev–Trinajstić information content (AvgIpc) is 2.77. The maximum atomic E-state index is 13.1. The van der Waals surface area contributed by atoms with Crippen molar-refractivity contribution in [2.24, 2.45) is 0 Å². The molecule has 0 saturated carbocycles. The summed E-state index contributed by atoms with van der Waals surface area (Å²) in [6.07, 6.45) is 4.21. The van der Waals surface area contributed by atoms with Crippen molar-refractivity contribution in [2.45, 2.75) is 6.42 Å². The van der Waals surface area contributed by atoms with Gasteiger partial charge < -0.3 is 16.0 Å². The van der Waals surface area contributed by atoms with E-state index in [1.54, 1.807) is 24.5 Å². The third kappa shape index (κ3) is 2.31. The molecular formula is C11H13FN4. The quantitative estimate of drug-likeness (QED) is 0.688. The molecule has 1 heterocycles. The fraction of sp³-hybridized carbons (Fsp3) is 0.182. The maximum Gasteiger partial charge on any atom is 0.148 e. The first kappa shape index (κ1) is 10.5. The van der Waals surface area contributed by atoms with Crippen LogP contribution < -0.4 is 11.1 Å². The number of benzene rings is 1. The number of H-pyrrole nitrogens is 1. The van der Waals surface area contributed by atoms with Gasteiger partial charge in [-0.3, -0.25) is 0 Å². The highest BCUT2D eigenvalue weighted by Crippen LogP contribution is 2.20. The zero-order valence-corrected chi connectivity index (χ0v) is 8.70. The van der Waals surface area contributed by atoms with Crippen LogP contribution in [-0.2, 0) is 6.42 Å². The molecular weight excluding hydrogens is 207 g/mol. The molecule has 0 saturated heterocycles. The first-order valence-corrected chi connectivity index (χ1v) is 5.03. The summed E-state index contributed by atoms with van der Waals surface area (Å²) in [5, 5.41) is 3.07. The summed E-state index contributed by atoms with van der Waals surface area (Å²) in [6.45, 7) is 0.654. The minimum atomic E-state index is -0.400. The van der Waals surface area contributed by atoms with Gasteiger partial charge in [0.05, 0.1) is 11.4 Å². The number of nitrogen functional groups attached to an aromatic ring is 1. The van der Waals surface area contributed by atoms with Gasteiger partial charge in [-0.05, 0) is 12.1 Å². The number of imidazole rings is 1. The number of anilines is 2. The molecule has 84 valence electrons. The molecule has 0 bridgehead atoms. The van der Waals surface area contributed by atoms with Gasteiger partial charge in [0.25, 0.3) is 0 Å². The molecule has 4 N–H and O–H groups in total. The van der Waals surface area contributed by atoms with Crippen LogP contribution in [0.1, 0.15) is 5.82 Å². The van der Waals surface area contributed by atoms with Crippen molar-refractivity contribution in [2.75, 3.05) is 17.6 Å². The average molecular weight is 220 g/mol. The Morgan fingerprint density at radius 2 is 2.31 bits per heavy atom. The first-order valence-electron chi connectivity index (χ1n) is 5.03. The molecule has 0 radical (unpaired) electrons. The normalized spacial score (nSPS) is 10.3. The number of para-hydroxylation sites is 1. The highest BCUT2D eigenvalue weighted by Gasteiger charge is 2.03. The van der Waals surface area contributed by atoms with Crippen LogP contribution >= 0.6 is 0 Å². The number of nitrogens with one attached hydrogen (secondary N) is 2. The van der Waals surface area contributed by atoms with Crippen LogP contribution in [0.25, 0.3) is 0 Å². The van der Waals surface area contributed by atoms with Crippen molar-refractivity contribution >= 4 is 11.4 Å². The van der Waals surface area contributed by atoms with Crippen LogP contribution in [0, 0.1) is 5.82 Å². The summed E-state index contributed by atoms with van der Waals surface area (Å²) in [6, 6.07) is 4.72. The van der Waals surface area contributed by atoms with Crippen molar-refractivity contribution in [3.63, 3.8) is 0 Å². The number of hydrogen-bond donors (Lipinski definition) is 3. The Labute approximate surface area is 92.7 Å². The molecule has 0 aliphatic heterocycles. The van der Waals surface area contributed by atoms with E-state index in [4.69, 9.17) is 5.73 Å². The molecule has 1 aromatic heterocycles. The number of rotatable bonds is 4. The van der Waals surface area contributed by atoms with E-state index in [0.29, 0.717) is 12.2 Å². The Kier molecular flexibility index (Phi) is 3.05. The van der Waals surface area contributed by atoms with E-state index in [9.17, 15) is 4.39 Å². The first-order chi connectivity index (χ1) is 7.77. The Bertz CT molecular complexity index is 453. The van der Waals surface area contributed by atoms with Gasteiger partial charge in [-0.15, -0.1) is 0 Å². The molecule has 0 fully saturated rings. The summed E-state index contributed by atoms with van der Waals surface area (Å²) in [4.78, 5) is 7.08. The van der Waals surface area contributed by atoms with Crippen molar-refractivity contribution in [3.05, 3.63) is 42.2 Å². The van der Waals surface area contributed by atoms with Gasteiger partial charge in [0.2, 0.25) is 0 Å². The van der Waals surface area contributed by atoms with Gasteiger partial charge in [-0.2, -0.15) is 0 Å². The lowest BCUT2D eigenvalue weighted by molar-refractivity contribution is 0.633. The third-order valence-electron chi connectivity index (χ3n) is 2.29. The van der Waals surface area contributed by atoms with Crippen molar-refractivity contribution < 1.29 is 4.39 Å². The van der Waals surface area contributed by atoms with Gasteiger partial charge in [0.15, 0.2) is 0 Å². The second-order valence-electron chi connectivity index (χ2n) is 3.41. The topological polar surface area (TPSA) is 66.7 Å². The number of hydrogen-bond acceptors (Lipinski definition) is 3. The van der Waals surface area contributed by atoms with E-state index in [-0.39, 0.29) is 5.69 Å². The van der Waals surface area contributed by atoms with Gasteiger partial charge in [-0.25, -0.2) is 9.37 Å². The predicted octanol–water partition coefficient (Wildman–Crippen LogP) is 1.79. The zero-order chi connectivity index (χ0) is 11.4. The zero-order valence-electron chi connectivity index (χ0n) is 8.70. The number of aromatic amines is 1. The second kappa shape index (κ2) is 4.65. The summed E-state index contributed by atoms with van der Waals surface area (Å²) >= 11 is 0. The Balaban J connectivity index is 1.92. The highest BCUT2D eigenvalue weighted by molar-refractivity contribution is 5.66. The second-order valence-corrected chi connectivity index (χ2v) is 3.41. The van der Waals surface area contributed by atoms with Gasteiger partial charge >= 0.3 is 0 Å². The van der Waals surface area contributed by atoms with Crippen LogP contribution in [0.15, 0.2) is 30.6 Å². The standard InChI is InChI=1S/C11H13FN4/c12-8-2-1-3-9(11(8)13)14-5-4-10-15-6-7-16-10/h1-3,6-7,14H,4-5,13H2,(H,15,16). The predicted molar refractivity (Wildman–Crippen MR) is 61.6 cm³/mol. The van der Waals surface area contributed by atoms with E-state index in [0.717, 1.165) is 12.2 Å². The number of halogens is 1. The van der Waals surface area contributed by atoms with Gasteiger partial charge in [-0.1, -0.05) is 6.07 Å². The lowest BCUT2D eigenvalue weighted by Crippen LogP contribution is -2.08. The fourth-order valence-electron chi connectivity index (χ4n) is 1.44. The lowest BCUT2D eigenvalue weighted by atomic mass is 10.2. The fourth-order valence-corrected chi connectivity index (χ4v) is 1.44. The highest BCUT2D eigenvalue weighted by atomic mass is 19.1. The molecule has 0 amide bonds. The Hall–Kier alpha value is -2.04. The van der Waals surface area contributed by atoms with Crippen LogP contribution in [-0.4, -0.2) is 16.5 Å². The van der Waals surface area contributed by atoms with E-state index in [1.807, 2.05) is 0 Å². The molecule has 2 rings (SSSR count). The molecule has 1 aromatic carbocycles. The van der Waals surface area contributed by atoms with E-state index in [2.05, 4.69) is 15.3 Å². The minimum Gasteiger partial charge on any atom is -0.395 e. The molecule has 5 heteroatoms. The van der Waals surface area contributed by atoms with E-state index in [1.165, 1.54) is 6.07 Å². The SMILES string of the molecule is Nc1c(F)cccc1NCCc1ncc[nH]1. The Morgan fingerprint density at radius 1 is 1.44 bits per heavy atom. The third-order valence-corrected chi connectivity index (χ3v) is 2.29. The van der Waals surface area contributed by atoms with Crippen LogP contribution in [0.2, 0.25) is 0 Å². The van der Waals surface area contributed by atoms with E-state index < -0.39 is 5.82 Å². The largest absolute Gasteiger partial charge is 0.395 e. The lowest BCUT2D eigenvalue weighted by Gasteiger charge is -2.08. The van der Waals surface area contributed by atoms with Crippen molar-refractivity contribution in [1.29, 1.82) is 0 Å². The number of nitrogens with zero attached hydrogens (tertiary/aromatic N) is 1. The molecule has 0 aliphatic carbocycles. The monoisotopic (exact) mass is 220 g/mol. The van der Waals surface area contributed by atoms with Gasteiger partial charge in [0.1, 0.15) is 11.6 Å². The van der Waals surface area contributed by atoms with Crippen LogP contribution in [0.4, 0.5) is 15.8 Å². The molecule has 4 nitrogen and oxygen atoms in total. The summed E-state index contributed by atoms with van der Waals surface area (Å²) in [7, 11) is 0. The summed E-state index contributed by atoms with van der Waals surface area (Å²) < 4.78 is 13.1. The molecule has 0 spiro atoms. The molecule has 16 heavy (non-hydrogen) atoms. The molecule has 0 unspecified atom stereocenters. The number of aromatic nitrogens is 2. The summed E-state index contributed by atoms with van der Waals surface area (Å²) in [5.74, 6) is 0.491. The van der Waals surface area contributed by atoms with Crippen LogP contribution in [0.3, 0.4) is 0 Å². The molecule has 2 aromatic rings. The molecule has 0 atom stereocenters. The number of nitrogens with two attached hydrogens (primary N) is 1. The minimum absolute atomic E-state index is 0.155. The van der Waals surface area contributed by atoms with Crippen LogP contribution in [0.5, 0.6) is 0 Å². The van der Waals surface area contributed by atoms with E-state index >= 15 is 0 Å². The Morgan fingerprint density at radius 3 is 3.06 bits per heavy atom. The molecule has 0 aliphatic rings.